The highest BCUT2D eigenvalue weighted by Crippen LogP contribution is 2.34. The molecule has 0 unspecified atom stereocenters. The molecule has 0 aliphatic rings. The molecule has 0 radical (unpaired) electrons. The van der Waals surface area contributed by atoms with Crippen molar-refractivity contribution in [1.29, 1.82) is 0 Å². The van der Waals surface area contributed by atoms with E-state index in [9.17, 15) is 9.90 Å². The number of nitrogens with zero attached hydrogens (tertiary/aromatic N) is 1. The lowest BCUT2D eigenvalue weighted by Crippen LogP contribution is -2.02. The van der Waals surface area contributed by atoms with E-state index in [1.165, 1.54) is 12.4 Å². The van der Waals surface area contributed by atoms with Crippen molar-refractivity contribution in [2.24, 2.45) is 0 Å². The second-order valence-corrected chi connectivity index (χ2v) is 4.72. The number of benzene rings is 1. The lowest BCUT2D eigenvalue weighted by Gasteiger charge is -2.09. The standard InChI is InChI=1S/C12H6Cl3NO2/c13-6-1-2-9(14)7(3-6)8-4-16-5-10(15)11(8)12(17)18/h1-5H,(H,17,18). The lowest BCUT2D eigenvalue weighted by molar-refractivity contribution is 0.0698. The second kappa shape index (κ2) is 5.14. The van der Waals surface area contributed by atoms with Crippen LogP contribution < -0.4 is 0 Å². The Bertz CT molecular complexity index is 629. The van der Waals surface area contributed by atoms with Gasteiger partial charge in [-0.2, -0.15) is 0 Å². The van der Waals surface area contributed by atoms with Crippen LogP contribution in [-0.4, -0.2) is 16.1 Å². The maximum absolute atomic E-state index is 11.2. The van der Waals surface area contributed by atoms with Gasteiger partial charge in [0, 0.05) is 33.6 Å². The number of carboxylic acid groups (broad SMARTS) is 1. The summed E-state index contributed by atoms with van der Waals surface area (Å²) in [6.07, 6.45) is 2.67. The van der Waals surface area contributed by atoms with E-state index in [1.807, 2.05) is 0 Å². The first-order chi connectivity index (χ1) is 8.50. The summed E-state index contributed by atoms with van der Waals surface area (Å²) < 4.78 is 0. The molecule has 0 spiro atoms. The summed E-state index contributed by atoms with van der Waals surface area (Å²) in [7, 11) is 0. The maximum Gasteiger partial charge on any atom is 0.337 e. The van der Waals surface area contributed by atoms with Crippen molar-refractivity contribution in [3.05, 3.63) is 51.2 Å². The molecule has 2 rings (SSSR count). The van der Waals surface area contributed by atoms with Gasteiger partial charge in [0.2, 0.25) is 0 Å². The van der Waals surface area contributed by atoms with Gasteiger partial charge in [0.15, 0.2) is 0 Å². The van der Waals surface area contributed by atoms with E-state index >= 15 is 0 Å². The Morgan fingerprint density at radius 1 is 1.06 bits per heavy atom. The van der Waals surface area contributed by atoms with Crippen LogP contribution in [0, 0.1) is 0 Å². The Labute approximate surface area is 118 Å². The number of carbonyl (C=O) groups is 1. The highest BCUT2D eigenvalue weighted by atomic mass is 35.5. The van der Waals surface area contributed by atoms with Crippen LogP contribution in [0.1, 0.15) is 10.4 Å². The van der Waals surface area contributed by atoms with Gasteiger partial charge in [0.25, 0.3) is 0 Å². The molecule has 3 nitrogen and oxygen atoms in total. The van der Waals surface area contributed by atoms with Crippen molar-refractivity contribution in [2.75, 3.05) is 0 Å². The minimum atomic E-state index is -1.14. The van der Waals surface area contributed by atoms with E-state index in [0.717, 1.165) is 0 Å². The number of carboxylic acids is 1. The van der Waals surface area contributed by atoms with Gasteiger partial charge in [-0.05, 0) is 18.2 Å². The molecular weight excluding hydrogens is 296 g/mol. The molecule has 6 heteroatoms. The fraction of sp³-hybridized carbons (Fsp3) is 0. The number of halogens is 3. The highest BCUT2D eigenvalue weighted by Gasteiger charge is 2.18. The molecular formula is C12H6Cl3NO2. The molecule has 0 aliphatic carbocycles. The number of hydrogen-bond acceptors (Lipinski definition) is 2. The molecule has 0 saturated heterocycles. The van der Waals surface area contributed by atoms with E-state index in [-0.39, 0.29) is 10.6 Å². The smallest absolute Gasteiger partial charge is 0.337 e. The third-order valence-corrected chi connectivity index (χ3v) is 3.18. The van der Waals surface area contributed by atoms with Gasteiger partial charge in [-0.3, -0.25) is 4.98 Å². The summed E-state index contributed by atoms with van der Waals surface area (Å²) in [6, 6.07) is 4.78. The van der Waals surface area contributed by atoms with Gasteiger partial charge in [0.05, 0.1) is 10.6 Å². The zero-order chi connectivity index (χ0) is 13.3. The van der Waals surface area contributed by atoms with Crippen molar-refractivity contribution in [2.45, 2.75) is 0 Å². The van der Waals surface area contributed by atoms with Crippen LogP contribution in [0.25, 0.3) is 11.1 Å². The predicted octanol–water partition coefficient (Wildman–Crippen LogP) is 4.41. The lowest BCUT2D eigenvalue weighted by atomic mass is 10.0. The van der Waals surface area contributed by atoms with E-state index < -0.39 is 5.97 Å². The van der Waals surface area contributed by atoms with Crippen LogP contribution in [0.2, 0.25) is 15.1 Å². The Kier molecular flexibility index (Phi) is 3.76. The maximum atomic E-state index is 11.2. The Balaban J connectivity index is 2.75. The zero-order valence-electron chi connectivity index (χ0n) is 8.82. The van der Waals surface area contributed by atoms with Gasteiger partial charge >= 0.3 is 5.97 Å². The van der Waals surface area contributed by atoms with Gasteiger partial charge in [-0.1, -0.05) is 34.8 Å². The van der Waals surface area contributed by atoms with Crippen molar-refractivity contribution >= 4 is 40.8 Å². The molecule has 2 aromatic rings. The second-order valence-electron chi connectivity index (χ2n) is 3.47. The zero-order valence-corrected chi connectivity index (χ0v) is 11.1. The van der Waals surface area contributed by atoms with Crippen LogP contribution in [0.3, 0.4) is 0 Å². The van der Waals surface area contributed by atoms with Crippen molar-refractivity contribution < 1.29 is 9.90 Å². The molecule has 0 amide bonds. The summed E-state index contributed by atoms with van der Waals surface area (Å²) in [5.41, 5.74) is 0.773. The fourth-order valence-electron chi connectivity index (χ4n) is 1.56. The monoisotopic (exact) mass is 301 g/mol. The van der Waals surface area contributed by atoms with Crippen LogP contribution in [-0.2, 0) is 0 Å². The SMILES string of the molecule is O=C(O)c1c(Cl)cncc1-c1cc(Cl)ccc1Cl. The van der Waals surface area contributed by atoms with Crippen LogP contribution in [0.5, 0.6) is 0 Å². The van der Waals surface area contributed by atoms with Crippen LogP contribution in [0.15, 0.2) is 30.6 Å². The van der Waals surface area contributed by atoms with Gasteiger partial charge < -0.3 is 5.11 Å². The minimum absolute atomic E-state index is 0.0455. The minimum Gasteiger partial charge on any atom is -0.478 e. The molecule has 1 heterocycles. The number of aromatic nitrogens is 1. The Morgan fingerprint density at radius 3 is 2.44 bits per heavy atom. The molecule has 0 fully saturated rings. The summed E-state index contributed by atoms with van der Waals surface area (Å²) in [5, 5.41) is 10.1. The van der Waals surface area contributed by atoms with Gasteiger partial charge in [-0.25, -0.2) is 4.79 Å². The van der Waals surface area contributed by atoms with E-state index in [4.69, 9.17) is 34.8 Å². The average Bonchev–Trinajstić information content (AvgIpc) is 2.31. The molecule has 1 aromatic carbocycles. The number of pyridine rings is 1. The van der Waals surface area contributed by atoms with Gasteiger partial charge in [0.1, 0.15) is 0 Å². The number of aromatic carboxylic acids is 1. The first-order valence-electron chi connectivity index (χ1n) is 4.83. The van der Waals surface area contributed by atoms with Crippen molar-refractivity contribution in [3.8, 4) is 11.1 Å². The van der Waals surface area contributed by atoms with Crippen molar-refractivity contribution in [3.63, 3.8) is 0 Å². The third-order valence-electron chi connectivity index (χ3n) is 2.33. The Morgan fingerprint density at radius 2 is 1.78 bits per heavy atom. The van der Waals surface area contributed by atoms with E-state index in [2.05, 4.69) is 4.98 Å². The molecule has 1 N–H and O–H groups in total. The largest absolute Gasteiger partial charge is 0.478 e. The average molecular weight is 303 g/mol. The molecule has 0 aliphatic heterocycles. The molecule has 0 saturated carbocycles. The first kappa shape index (κ1) is 13.1. The van der Waals surface area contributed by atoms with Crippen LogP contribution in [0.4, 0.5) is 0 Å². The molecule has 0 bridgehead atoms. The number of hydrogen-bond donors (Lipinski definition) is 1. The molecule has 1 aromatic heterocycles. The van der Waals surface area contributed by atoms with Crippen molar-refractivity contribution in [1.82, 2.24) is 4.98 Å². The fourth-order valence-corrected chi connectivity index (χ4v) is 2.19. The highest BCUT2D eigenvalue weighted by molar-refractivity contribution is 6.37. The summed E-state index contributed by atoms with van der Waals surface area (Å²) in [5.74, 6) is -1.14. The topological polar surface area (TPSA) is 50.2 Å². The summed E-state index contributed by atoms with van der Waals surface area (Å²) >= 11 is 17.8. The summed E-state index contributed by atoms with van der Waals surface area (Å²) in [6.45, 7) is 0. The van der Waals surface area contributed by atoms with Gasteiger partial charge in [-0.15, -0.1) is 0 Å². The third kappa shape index (κ3) is 2.43. The van der Waals surface area contributed by atoms with E-state index in [0.29, 0.717) is 21.2 Å². The predicted molar refractivity (Wildman–Crippen MR) is 71.7 cm³/mol. The first-order valence-corrected chi connectivity index (χ1v) is 5.96. The molecule has 92 valence electrons. The van der Waals surface area contributed by atoms with E-state index in [1.54, 1.807) is 18.2 Å². The molecule has 18 heavy (non-hydrogen) atoms. The summed E-state index contributed by atoms with van der Waals surface area (Å²) in [4.78, 5) is 15.1. The quantitative estimate of drug-likeness (QED) is 0.894. The van der Waals surface area contributed by atoms with Crippen LogP contribution >= 0.6 is 34.8 Å². The normalized spacial score (nSPS) is 10.4. The molecule has 0 atom stereocenters. The Hall–Kier alpha value is -1.29. The number of rotatable bonds is 2.